The molecule has 1 atom stereocenters. The predicted molar refractivity (Wildman–Crippen MR) is 117 cm³/mol. The Kier molecular flexibility index (Phi) is 7.45. The molecule has 9 nitrogen and oxygen atoms in total. The minimum absolute atomic E-state index is 0.185. The van der Waals surface area contributed by atoms with Crippen LogP contribution in [0.2, 0.25) is 0 Å². The maximum absolute atomic E-state index is 12.7. The minimum atomic E-state index is -0.471. The van der Waals surface area contributed by atoms with Gasteiger partial charge in [-0.05, 0) is 50.2 Å². The molecular weight excluding hydrogens is 414 g/mol. The number of carbonyl (C=O) groups excluding carboxylic acids is 2. The van der Waals surface area contributed by atoms with Crippen LogP contribution in [0.1, 0.15) is 34.6 Å². The summed E-state index contributed by atoms with van der Waals surface area (Å²) in [6.07, 6.45) is 1.24. The van der Waals surface area contributed by atoms with E-state index >= 15 is 0 Å². The molecule has 0 unspecified atom stereocenters. The minimum Gasteiger partial charge on any atom is -0.488 e. The Morgan fingerprint density at radius 2 is 1.78 bits per heavy atom. The van der Waals surface area contributed by atoms with E-state index in [1.165, 1.54) is 0 Å². The van der Waals surface area contributed by atoms with Gasteiger partial charge in [0.25, 0.3) is 5.91 Å². The van der Waals surface area contributed by atoms with Crippen LogP contribution in [-0.2, 0) is 11.8 Å². The molecule has 0 spiro atoms. The van der Waals surface area contributed by atoms with E-state index in [1.807, 2.05) is 0 Å². The van der Waals surface area contributed by atoms with E-state index in [-0.39, 0.29) is 12.2 Å². The van der Waals surface area contributed by atoms with Gasteiger partial charge in [0.1, 0.15) is 23.4 Å². The van der Waals surface area contributed by atoms with Crippen LogP contribution < -0.4 is 14.8 Å². The molecule has 1 aromatic heterocycles. The number of rotatable bonds is 9. The van der Waals surface area contributed by atoms with Gasteiger partial charge in [0.2, 0.25) is 0 Å². The number of esters is 1. The van der Waals surface area contributed by atoms with Crippen molar-refractivity contribution in [2.24, 2.45) is 7.05 Å². The average molecular weight is 439 g/mol. The van der Waals surface area contributed by atoms with Crippen molar-refractivity contribution < 1.29 is 28.9 Å². The van der Waals surface area contributed by atoms with Crippen LogP contribution in [0.5, 0.6) is 17.2 Å². The van der Waals surface area contributed by atoms with Gasteiger partial charge >= 0.3 is 5.97 Å². The Morgan fingerprint density at radius 3 is 2.41 bits per heavy atom. The molecule has 0 bridgehead atoms. The molecule has 168 valence electrons. The van der Waals surface area contributed by atoms with Crippen molar-refractivity contribution >= 4 is 17.7 Å². The molecular formula is C23H25N3O6. The molecule has 0 saturated heterocycles. The van der Waals surface area contributed by atoms with Crippen LogP contribution in [0.4, 0.5) is 5.82 Å². The molecule has 0 aliphatic carbocycles. The Bertz CT molecular complexity index is 1080. The third kappa shape index (κ3) is 6.08. The van der Waals surface area contributed by atoms with Crippen LogP contribution in [0.15, 0.2) is 54.7 Å². The third-order valence-corrected chi connectivity index (χ3v) is 4.29. The highest BCUT2D eigenvalue weighted by Crippen LogP contribution is 2.29. The second-order valence-corrected chi connectivity index (χ2v) is 6.98. The van der Waals surface area contributed by atoms with Gasteiger partial charge in [0.05, 0.1) is 18.8 Å². The third-order valence-electron chi connectivity index (χ3n) is 4.29. The highest BCUT2D eigenvalue weighted by Gasteiger charge is 2.14. The van der Waals surface area contributed by atoms with Crippen molar-refractivity contribution in [3.8, 4) is 17.2 Å². The molecule has 9 heteroatoms. The molecule has 0 saturated carbocycles. The summed E-state index contributed by atoms with van der Waals surface area (Å²) in [4.78, 5) is 24.6. The molecule has 0 aliphatic heterocycles. The summed E-state index contributed by atoms with van der Waals surface area (Å²) in [5, 5.41) is 16.2. The number of anilines is 1. The normalized spacial score (nSPS) is 11.5. The maximum atomic E-state index is 12.7. The van der Waals surface area contributed by atoms with Gasteiger partial charge in [-0.15, -0.1) is 0 Å². The molecule has 1 heterocycles. The van der Waals surface area contributed by atoms with E-state index in [4.69, 9.17) is 14.2 Å². The zero-order valence-electron chi connectivity index (χ0n) is 18.1. The van der Waals surface area contributed by atoms with Gasteiger partial charge in [-0.3, -0.25) is 9.48 Å². The van der Waals surface area contributed by atoms with Crippen LogP contribution in [0, 0.1) is 0 Å². The number of aryl methyl sites for hydroxylation is 1. The molecule has 1 amide bonds. The second-order valence-electron chi connectivity index (χ2n) is 6.98. The van der Waals surface area contributed by atoms with Crippen LogP contribution in [0.3, 0.4) is 0 Å². The molecule has 3 rings (SSSR count). The molecule has 32 heavy (non-hydrogen) atoms. The first-order valence-electron chi connectivity index (χ1n) is 10.1. The number of hydrogen-bond acceptors (Lipinski definition) is 7. The SMILES string of the molecule is CCOC(=O)c1ccc(Oc2cc(O[C@@H](C)CO)cc(C(=O)Nc3ccn(C)n3)c2)cc1. The monoisotopic (exact) mass is 439 g/mol. The Balaban J connectivity index is 1.83. The highest BCUT2D eigenvalue weighted by molar-refractivity contribution is 6.04. The van der Waals surface area contributed by atoms with Crippen molar-refractivity contribution in [1.29, 1.82) is 0 Å². The second kappa shape index (κ2) is 10.5. The van der Waals surface area contributed by atoms with E-state index < -0.39 is 18.0 Å². The van der Waals surface area contributed by atoms with Gasteiger partial charge in [-0.2, -0.15) is 5.10 Å². The fraction of sp³-hybridized carbons (Fsp3) is 0.261. The fourth-order valence-electron chi connectivity index (χ4n) is 2.78. The number of amides is 1. The summed E-state index contributed by atoms with van der Waals surface area (Å²) in [5.74, 6) is 0.765. The van der Waals surface area contributed by atoms with E-state index in [0.717, 1.165) is 0 Å². The van der Waals surface area contributed by atoms with Crippen molar-refractivity contribution in [2.75, 3.05) is 18.5 Å². The molecule has 2 N–H and O–H groups in total. The van der Waals surface area contributed by atoms with Gasteiger partial charge in [-0.1, -0.05) is 0 Å². The lowest BCUT2D eigenvalue weighted by Crippen LogP contribution is -2.17. The Labute approximate surface area is 185 Å². The summed E-state index contributed by atoms with van der Waals surface area (Å²) < 4.78 is 18.1. The largest absolute Gasteiger partial charge is 0.488 e. The summed E-state index contributed by atoms with van der Waals surface area (Å²) in [6, 6.07) is 12.9. The van der Waals surface area contributed by atoms with E-state index in [1.54, 1.807) is 80.3 Å². The molecule has 2 aromatic carbocycles. The first-order valence-corrected chi connectivity index (χ1v) is 10.1. The standard InChI is InChI=1S/C23H25N3O6/c1-4-30-23(29)16-5-7-18(8-6-16)32-20-12-17(11-19(13-20)31-15(2)14-27)22(28)24-21-9-10-26(3)25-21/h5-13,15,27H,4,14H2,1-3H3,(H,24,25,28)/t15-/m0/s1. The van der Waals surface area contributed by atoms with Crippen molar-refractivity contribution in [3.05, 3.63) is 65.9 Å². The van der Waals surface area contributed by atoms with E-state index in [0.29, 0.717) is 35.2 Å². The number of nitrogens with zero attached hydrogens (tertiary/aromatic N) is 2. The maximum Gasteiger partial charge on any atom is 0.338 e. The topological polar surface area (TPSA) is 112 Å². The van der Waals surface area contributed by atoms with E-state index in [2.05, 4.69) is 10.4 Å². The number of aliphatic hydroxyl groups excluding tert-OH is 1. The number of benzene rings is 2. The van der Waals surface area contributed by atoms with Crippen molar-refractivity contribution in [1.82, 2.24) is 9.78 Å². The van der Waals surface area contributed by atoms with Crippen molar-refractivity contribution in [2.45, 2.75) is 20.0 Å². The number of hydrogen-bond donors (Lipinski definition) is 2. The van der Waals surface area contributed by atoms with Crippen LogP contribution in [0.25, 0.3) is 0 Å². The molecule has 0 radical (unpaired) electrons. The summed E-state index contributed by atoms with van der Waals surface area (Å²) in [7, 11) is 1.75. The Morgan fingerprint density at radius 1 is 1.06 bits per heavy atom. The number of ether oxygens (including phenoxy) is 3. The fourth-order valence-corrected chi connectivity index (χ4v) is 2.78. The quantitative estimate of drug-likeness (QED) is 0.492. The van der Waals surface area contributed by atoms with Crippen LogP contribution in [-0.4, -0.2) is 46.1 Å². The summed E-state index contributed by atoms with van der Waals surface area (Å²) >= 11 is 0. The lowest BCUT2D eigenvalue weighted by atomic mass is 10.1. The smallest absolute Gasteiger partial charge is 0.338 e. The highest BCUT2D eigenvalue weighted by atomic mass is 16.5. The van der Waals surface area contributed by atoms with Gasteiger partial charge < -0.3 is 24.6 Å². The number of carbonyl (C=O) groups is 2. The van der Waals surface area contributed by atoms with Gasteiger partial charge in [-0.25, -0.2) is 4.79 Å². The molecule has 0 aliphatic rings. The number of aromatic nitrogens is 2. The lowest BCUT2D eigenvalue weighted by molar-refractivity contribution is 0.0526. The first-order chi connectivity index (χ1) is 15.4. The van der Waals surface area contributed by atoms with Crippen LogP contribution >= 0.6 is 0 Å². The van der Waals surface area contributed by atoms with Gasteiger partial charge in [0, 0.05) is 30.9 Å². The Hall–Kier alpha value is -3.85. The molecule has 0 fully saturated rings. The summed E-state index contributed by atoms with van der Waals surface area (Å²) in [5.41, 5.74) is 0.694. The number of nitrogens with one attached hydrogen (secondary N) is 1. The summed E-state index contributed by atoms with van der Waals surface area (Å²) in [6.45, 7) is 3.55. The lowest BCUT2D eigenvalue weighted by Gasteiger charge is -2.15. The zero-order valence-corrected chi connectivity index (χ0v) is 18.1. The van der Waals surface area contributed by atoms with E-state index in [9.17, 15) is 14.7 Å². The predicted octanol–water partition coefficient (Wildman–Crippen LogP) is 3.40. The van der Waals surface area contributed by atoms with Crippen molar-refractivity contribution in [3.63, 3.8) is 0 Å². The molecule has 3 aromatic rings. The average Bonchev–Trinajstić information content (AvgIpc) is 3.18. The number of aliphatic hydroxyl groups is 1. The zero-order chi connectivity index (χ0) is 23.1. The first kappa shape index (κ1) is 22.8. The van der Waals surface area contributed by atoms with Gasteiger partial charge in [0.15, 0.2) is 5.82 Å².